The molecule has 0 atom stereocenters. The Hall–Kier alpha value is -1.93. The predicted octanol–water partition coefficient (Wildman–Crippen LogP) is 2.87. The largest absolute Gasteiger partial charge is 0.465 e. The minimum absolute atomic E-state index is 0.313. The minimum Gasteiger partial charge on any atom is -0.465 e. The number of methoxy groups -OCH3 is 1. The first-order chi connectivity index (χ1) is 11.0. The highest BCUT2D eigenvalue weighted by Crippen LogP contribution is 2.39. The highest BCUT2D eigenvalue weighted by atomic mass is 32.1. The van der Waals surface area contributed by atoms with Crippen LogP contribution in [0, 0.1) is 6.92 Å². The number of anilines is 2. The fourth-order valence-corrected chi connectivity index (χ4v) is 4.35. The molecule has 2 aromatic rings. The summed E-state index contributed by atoms with van der Waals surface area (Å²) in [7, 11) is 3.26. The number of thiophene rings is 1. The van der Waals surface area contributed by atoms with Crippen molar-refractivity contribution in [2.75, 3.05) is 17.7 Å². The lowest BCUT2D eigenvalue weighted by atomic mass is 10.1. The van der Waals surface area contributed by atoms with Gasteiger partial charge in [-0.15, -0.1) is 11.3 Å². The Morgan fingerprint density at radius 1 is 1.43 bits per heavy atom. The molecule has 0 aliphatic heterocycles. The van der Waals surface area contributed by atoms with Crippen molar-refractivity contribution in [2.24, 2.45) is 7.05 Å². The van der Waals surface area contributed by atoms with Gasteiger partial charge in [0.1, 0.15) is 5.00 Å². The lowest BCUT2D eigenvalue weighted by molar-refractivity contribution is 0.0601. The monoisotopic (exact) mass is 350 g/mol. The Morgan fingerprint density at radius 3 is 2.87 bits per heavy atom. The van der Waals surface area contributed by atoms with Crippen LogP contribution in [0.2, 0.25) is 0 Å². The van der Waals surface area contributed by atoms with Crippen LogP contribution in [0.5, 0.6) is 0 Å². The van der Waals surface area contributed by atoms with E-state index in [1.165, 1.54) is 12.0 Å². The molecular formula is C15H18N4O2S2. The van der Waals surface area contributed by atoms with Crippen molar-refractivity contribution in [3.63, 3.8) is 0 Å². The van der Waals surface area contributed by atoms with Crippen molar-refractivity contribution in [1.82, 2.24) is 9.78 Å². The summed E-state index contributed by atoms with van der Waals surface area (Å²) in [5, 5.41) is 11.7. The lowest BCUT2D eigenvalue weighted by Gasteiger charge is -2.10. The molecule has 0 bridgehead atoms. The molecule has 2 N–H and O–H groups in total. The van der Waals surface area contributed by atoms with Gasteiger partial charge < -0.3 is 15.4 Å². The summed E-state index contributed by atoms with van der Waals surface area (Å²) in [4.78, 5) is 13.4. The first kappa shape index (κ1) is 15.9. The number of carbonyl (C=O) groups excluding carboxylic acids is 1. The van der Waals surface area contributed by atoms with Crippen molar-refractivity contribution in [3.8, 4) is 0 Å². The number of hydrogen-bond acceptors (Lipinski definition) is 5. The summed E-state index contributed by atoms with van der Waals surface area (Å²) in [5.74, 6) is -0.313. The third kappa shape index (κ3) is 3.09. The fourth-order valence-electron chi connectivity index (χ4n) is 2.79. The smallest absolute Gasteiger partial charge is 0.341 e. The summed E-state index contributed by atoms with van der Waals surface area (Å²) in [5.41, 5.74) is 3.42. The molecule has 0 fully saturated rings. The van der Waals surface area contributed by atoms with Crippen LogP contribution in [-0.2, 0) is 24.6 Å². The Labute approximate surface area is 143 Å². The number of aryl methyl sites for hydroxylation is 3. The predicted molar refractivity (Wildman–Crippen MR) is 95.5 cm³/mol. The standard InChI is InChI=1S/C15H18N4O2S2/c1-8-10(7-19(2)18-8)16-15(22)17-13-12(14(20)21-3)9-5-4-6-11(9)23-13/h7H,4-6H2,1-3H3,(H2,16,17,22). The van der Waals surface area contributed by atoms with Crippen molar-refractivity contribution < 1.29 is 9.53 Å². The molecule has 0 unspecified atom stereocenters. The van der Waals surface area contributed by atoms with Gasteiger partial charge in [-0.3, -0.25) is 4.68 Å². The molecule has 0 aromatic carbocycles. The minimum atomic E-state index is -0.313. The average molecular weight is 350 g/mol. The molecule has 2 heterocycles. The second-order valence-corrected chi connectivity index (χ2v) is 6.95. The van der Waals surface area contributed by atoms with Gasteiger partial charge in [0.2, 0.25) is 0 Å². The molecular weight excluding hydrogens is 332 g/mol. The molecule has 23 heavy (non-hydrogen) atoms. The van der Waals surface area contributed by atoms with Gasteiger partial charge in [0.25, 0.3) is 0 Å². The molecule has 1 aliphatic carbocycles. The van der Waals surface area contributed by atoms with E-state index in [0.29, 0.717) is 10.7 Å². The van der Waals surface area contributed by atoms with Gasteiger partial charge in [0, 0.05) is 18.1 Å². The molecule has 6 nitrogen and oxygen atoms in total. The number of thiocarbonyl (C=S) groups is 1. The van der Waals surface area contributed by atoms with Gasteiger partial charge in [-0.05, 0) is 44.0 Å². The van der Waals surface area contributed by atoms with Gasteiger partial charge in [-0.2, -0.15) is 5.10 Å². The number of carbonyl (C=O) groups is 1. The number of aromatic nitrogens is 2. The molecule has 0 radical (unpaired) electrons. The maximum atomic E-state index is 12.1. The van der Waals surface area contributed by atoms with Gasteiger partial charge in [-0.25, -0.2) is 4.79 Å². The summed E-state index contributed by atoms with van der Waals surface area (Å²) < 4.78 is 6.66. The van der Waals surface area contributed by atoms with Gasteiger partial charge in [0.15, 0.2) is 5.11 Å². The van der Waals surface area contributed by atoms with E-state index in [4.69, 9.17) is 17.0 Å². The number of esters is 1. The van der Waals surface area contributed by atoms with E-state index in [1.807, 2.05) is 20.2 Å². The number of fused-ring (bicyclic) bond motifs is 1. The van der Waals surface area contributed by atoms with Gasteiger partial charge in [-0.1, -0.05) is 0 Å². The average Bonchev–Trinajstić information content (AvgIpc) is 3.13. The van der Waals surface area contributed by atoms with Crippen LogP contribution < -0.4 is 10.6 Å². The van der Waals surface area contributed by atoms with Crippen LogP contribution in [-0.4, -0.2) is 28.0 Å². The summed E-state index contributed by atoms with van der Waals surface area (Å²) in [6.07, 6.45) is 4.87. The Kier molecular flexibility index (Phi) is 4.36. The van der Waals surface area contributed by atoms with Gasteiger partial charge >= 0.3 is 5.97 Å². The summed E-state index contributed by atoms with van der Waals surface area (Å²) in [6, 6.07) is 0. The fraction of sp³-hybridized carbons (Fsp3) is 0.400. The van der Waals surface area contributed by atoms with E-state index in [0.717, 1.165) is 41.2 Å². The van der Waals surface area contributed by atoms with Crippen LogP contribution in [0.25, 0.3) is 0 Å². The highest BCUT2D eigenvalue weighted by molar-refractivity contribution is 7.80. The van der Waals surface area contributed by atoms with E-state index in [-0.39, 0.29) is 5.97 Å². The van der Waals surface area contributed by atoms with Crippen molar-refractivity contribution in [3.05, 3.63) is 27.9 Å². The molecule has 3 rings (SSSR count). The first-order valence-corrected chi connectivity index (χ1v) is 8.53. The highest BCUT2D eigenvalue weighted by Gasteiger charge is 2.27. The van der Waals surface area contributed by atoms with Crippen molar-refractivity contribution >= 4 is 45.3 Å². The van der Waals surface area contributed by atoms with Crippen molar-refractivity contribution in [1.29, 1.82) is 0 Å². The normalized spacial score (nSPS) is 12.8. The Bertz CT molecular complexity index is 779. The van der Waals surface area contributed by atoms with Crippen LogP contribution >= 0.6 is 23.6 Å². The summed E-state index contributed by atoms with van der Waals surface area (Å²) >= 11 is 6.95. The van der Waals surface area contributed by atoms with E-state index >= 15 is 0 Å². The molecule has 0 amide bonds. The maximum Gasteiger partial charge on any atom is 0.341 e. The molecule has 0 spiro atoms. The van der Waals surface area contributed by atoms with Crippen LogP contribution in [0.1, 0.15) is 32.9 Å². The van der Waals surface area contributed by atoms with E-state index < -0.39 is 0 Å². The third-order valence-corrected chi connectivity index (χ3v) is 5.21. The van der Waals surface area contributed by atoms with Crippen molar-refractivity contribution in [2.45, 2.75) is 26.2 Å². The quantitative estimate of drug-likeness (QED) is 0.655. The topological polar surface area (TPSA) is 68.2 Å². The zero-order chi connectivity index (χ0) is 16.6. The molecule has 1 aliphatic rings. The van der Waals surface area contributed by atoms with E-state index in [2.05, 4.69) is 15.7 Å². The SMILES string of the molecule is COC(=O)c1c(NC(=S)Nc2cn(C)nc2C)sc2c1CCC2. The van der Waals surface area contributed by atoms with E-state index in [9.17, 15) is 4.79 Å². The molecule has 0 saturated heterocycles. The van der Waals surface area contributed by atoms with Crippen LogP contribution in [0.4, 0.5) is 10.7 Å². The molecule has 122 valence electrons. The molecule has 0 saturated carbocycles. The number of hydrogen-bond donors (Lipinski definition) is 2. The maximum absolute atomic E-state index is 12.1. The number of nitrogens with one attached hydrogen (secondary N) is 2. The Morgan fingerprint density at radius 2 is 2.22 bits per heavy atom. The van der Waals surface area contributed by atoms with Crippen LogP contribution in [0.3, 0.4) is 0 Å². The zero-order valence-electron chi connectivity index (χ0n) is 13.2. The second-order valence-electron chi connectivity index (χ2n) is 5.43. The summed E-state index contributed by atoms with van der Waals surface area (Å²) in [6.45, 7) is 1.91. The van der Waals surface area contributed by atoms with Crippen LogP contribution in [0.15, 0.2) is 6.20 Å². The van der Waals surface area contributed by atoms with Gasteiger partial charge in [0.05, 0.1) is 24.1 Å². The third-order valence-electron chi connectivity index (χ3n) is 3.80. The number of nitrogens with zero attached hydrogens (tertiary/aromatic N) is 2. The first-order valence-electron chi connectivity index (χ1n) is 7.30. The lowest BCUT2D eigenvalue weighted by Crippen LogP contribution is -2.20. The zero-order valence-corrected chi connectivity index (χ0v) is 14.9. The molecule has 8 heteroatoms. The Balaban J connectivity index is 1.81. The molecule has 2 aromatic heterocycles. The van der Waals surface area contributed by atoms with E-state index in [1.54, 1.807) is 16.0 Å². The number of ether oxygens (including phenoxy) is 1. The second kappa shape index (κ2) is 6.29. The number of rotatable bonds is 3.